The zero-order valence-corrected chi connectivity index (χ0v) is 34.5. The van der Waals surface area contributed by atoms with Gasteiger partial charge in [0, 0.05) is 32.8 Å². The SMILES string of the molecule is C[n+]1[c-]n2c3c(cccc31)C1(c3cc(-c4ccccc4)ccc3Sc3ccc(-c4ccccc4)cc31)c1ccc(Oc3ccc4c5ccccc5n(-c5ccccn5)c4c3)cc1-2. The van der Waals surface area contributed by atoms with Gasteiger partial charge in [0.05, 0.1) is 40.2 Å². The highest BCUT2D eigenvalue weighted by atomic mass is 32.2. The molecular formula is C56H36N4OS. The lowest BCUT2D eigenvalue weighted by molar-refractivity contribution is -0.649. The molecule has 0 aliphatic carbocycles. The highest BCUT2D eigenvalue weighted by Crippen LogP contribution is 2.60. The fourth-order valence-electron chi connectivity index (χ4n) is 10.2. The van der Waals surface area contributed by atoms with Crippen LogP contribution in [0.3, 0.4) is 0 Å². The number of nitrogens with zero attached hydrogens (tertiary/aromatic N) is 4. The standard InChI is InChI=1S/C56H36N4OS/c1-58-35-59-51-34-41(61-40-24-26-43-42-17-8-9-19-48(42)60(50(43)33-40)54-21-10-11-30-57-54)25-27-44(51)56(45-18-12-20-49(58)55(45)59)46-31-38(36-13-4-2-5-14-36)22-28-52(46)62-53-29-23-39(32-47(53)56)37-15-6-3-7-16-37/h2-34H,1H3. The molecule has 0 amide bonds. The summed E-state index contributed by atoms with van der Waals surface area (Å²) in [5.41, 5.74) is 14.5. The fourth-order valence-corrected chi connectivity index (χ4v) is 11.3. The first-order chi connectivity index (χ1) is 30.6. The summed E-state index contributed by atoms with van der Waals surface area (Å²) in [6, 6.07) is 69.9. The van der Waals surface area contributed by atoms with E-state index in [9.17, 15) is 0 Å². The van der Waals surface area contributed by atoms with Crippen LogP contribution in [0.25, 0.3) is 66.6 Å². The van der Waals surface area contributed by atoms with Gasteiger partial charge in [-0.05, 0) is 111 Å². The number of ether oxygens (including phenoxy) is 1. The normalized spacial score (nSPS) is 13.3. The van der Waals surface area contributed by atoms with Gasteiger partial charge >= 0.3 is 0 Å². The minimum atomic E-state index is -0.670. The van der Waals surface area contributed by atoms with Gasteiger partial charge in [-0.15, -0.1) is 0 Å². The summed E-state index contributed by atoms with van der Waals surface area (Å²) in [5, 5.41) is 2.33. The van der Waals surface area contributed by atoms with E-state index < -0.39 is 5.41 Å². The van der Waals surface area contributed by atoms with Crippen LogP contribution in [0.2, 0.25) is 0 Å². The van der Waals surface area contributed by atoms with E-state index in [1.165, 1.54) is 59.7 Å². The van der Waals surface area contributed by atoms with Crippen LogP contribution in [-0.4, -0.2) is 14.1 Å². The number of pyridine rings is 1. The molecule has 0 saturated carbocycles. The van der Waals surface area contributed by atoms with E-state index in [1.807, 2.05) is 30.1 Å². The maximum absolute atomic E-state index is 6.93. The van der Waals surface area contributed by atoms with Crippen LogP contribution in [0.1, 0.15) is 22.3 Å². The number of fused-ring (bicyclic) bond motifs is 11. The van der Waals surface area contributed by atoms with Crippen LogP contribution < -0.4 is 9.30 Å². The zero-order chi connectivity index (χ0) is 40.9. The van der Waals surface area contributed by atoms with Gasteiger partial charge in [0.25, 0.3) is 0 Å². The summed E-state index contributed by atoms with van der Waals surface area (Å²) < 4.78 is 13.5. The lowest BCUT2D eigenvalue weighted by Gasteiger charge is -2.46. The lowest BCUT2D eigenvalue weighted by atomic mass is 9.62. The van der Waals surface area contributed by atoms with E-state index in [1.54, 1.807) is 0 Å². The Morgan fingerprint density at radius 2 is 1.19 bits per heavy atom. The van der Waals surface area contributed by atoms with E-state index in [4.69, 9.17) is 9.72 Å². The van der Waals surface area contributed by atoms with Gasteiger partial charge in [-0.2, -0.15) is 0 Å². The fraction of sp³-hybridized carbons (Fsp3) is 0.0357. The highest BCUT2D eigenvalue weighted by Gasteiger charge is 2.49. The average molecular weight is 813 g/mol. The first kappa shape index (κ1) is 35.1. The largest absolute Gasteiger partial charge is 0.458 e. The van der Waals surface area contributed by atoms with E-state index in [2.05, 4.69) is 209 Å². The second-order valence-electron chi connectivity index (χ2n) is 16.2. The van der Waals surface area contributed by atoms with Gasteiger partial charge in [0.2, 0.25) is 6.33 Å². The molecule has 3 aromatic heterocycles. The van der Waals surface area contributed by atoms with Gasteiger partial charge in [-0.1, -0.05) is 133 Å². The molecule has 11 aromatic rings. The minimum absolute atomic E-state index is 0.670. The number of rotatable bonds is 5. The van der Waals surface area contributed by atoms with Gasteiger partial charge in [0.1, 0.15) is 17.3 Å². The van der Waals surface area contributed by atoms with E-state index in [0.29, 0.717) is 0 Å². The van der Waals surface area contributed by atoms with Crippen LogP contribution >= 0.6 is 11.8 Å². The summed E-state index contributed by atoms with van der Waals surface area (Å²) in [4.78, 5) is 7.25. The molecule has 0 radical (unpaired) electrons. The molecule has 0 bridgehead atoms. The maximum Gasteiger partial charge on any atom is 0.244 e. The number of imidazole rings is 1. The average Bonchev–Trinajstić information content (AvgIpc) is 3.85. The topological polar surface area (TPSA) is 35.9 Å². The van der Waals surface area contributed by atoms with Gasteiger partial charge in [0.15, 0.2) is 0 Å². The van der Waals surface area contributed by atoms with E-state index in [-0.39, 0.29) is 0 Å². The first-order valence-electron chi connectivity index (χ1n) is 20.9. The van der Waals surface area contributed by atoms with Crippen LogP contribution in [-0.2, 0) is 12.5 Å². The van der Waals surface area contributed by atoms with Crippen molar-refractivity contribution >= 4 is 44.6 Å². The van der Waals surface area contributed by atoms with Gasteiger partial charge in [-0.25, -0.2) is 4.98 Å². The minimum Gasteiger partial charge on any atom is -0.458 e. The second-order valence-corrected chi connectivity index (χ2v) is 17.3. The molecule has 292 valence electrons. The number of benzene rings is 8. The molecule has 2 aliphatic heterocycles. The lowest BCUT2D eigenvalue weighted by Crippen LogP contribution is -2.37. The molecule has 6 heteroatoms. The molecule has 62 heavy (non-hydrogen) atoms. The second kappa shape index (κ2) is 13.4. The Hall–Kier alpha value is -7.67. The van der Waals surface area contributed by atoms with E-state index in [0.717, 1.165) is 50.5 Å². The third kappa shape index (κ3) is 5.04. The number of hydrogen-bond acceptors (Lipinski definition) is 3. The monoisotopic (exact) mass is 812 g/mol. The molecule has 5 nitrogen and oxygen atoms in total. The summed E-state index contributed by atoms with van der Waals surface area (Å²) >= 11 is 1.86. The molecule has 0 unspecified atom stereocenters. The first-order valence-corrected chi connectivity index (χ1v) is 21.7. The van der Waals surface area contributed by atoms with Crippen molar-refractivity contribution in [3.05, 3.63) is 229 Å². The van der Waals surface area contributed by atoms with Crippen LogP contribution in [0.15, 0.2) is 210 Å². The summed E-state index contributed by atoms with van der Waals surface area (Å²) in [6.07, 6.45) is 5.56. The van der Waals surface area contributed by atoms with Crippen molar-refractivity contribution in [3.63, 3.8) is 0 Å². The molecule has 8 aromatic carbocycles. The zero-order valence-electron chi connectivity index (χ0n) is 33.7. The number of aromatic nitrogens is 4. The van der Waals surface area contributed by atoms with Crippen LogP contribution in [0, 0.1) is 6.33 Å². The smallest absolute Gasteiger partial charge is 0.244 e. The van der Waals surface area contributed by atoms with Crippen molar-refractivity contribution in [1.82, 2.24) is 14.1 Å². The summed E-state index contributed by atoms with van der Waals surface area (Å²) in [7, 11) is 2.09. The Bertz CT molecular complexity index is 3500. The number of aryl methyl sites for hydroxylation is 1. The quantitative estimate of drug-likeness (QED) is 0.128. The molecule has 5 heterocycles. The molecule has 2 aliphatic rings. The van der Waals surface area contributed by atoms with Gasteiger partial charge in [-0.3, -0.25) is 4.57 Å². The Balaban J connectivity index is 1.06. The Morgan fingerprint density at radius 3 is 1.92 bits per heavy atom. The third-order valence-electron chi connectivity index (χ3n) is 12.8. The Labute approximate surface area is 362 Å². The summed E-state index contributed by atoms with van der Waals surface area (Å²) in [5.74, 6) is 2.36. The van der Waals surface area contributed by atoms with Gasteiger partial charge < -0.3 is 13.9 Å². The summed E-state index contributed by atoms with van der Waals surface area (Å²) in [6.45, 7) is 0. The number of para-hydroxylation sites is 2. The predicted octanol–water partition coefficient (Wildman–Crippen LogP) is 13.0. The molecule has 0 saturated heterocycles. The van der Waals surface area contributed by atoms with Crippen molar-refractivity contribution in [1.29, 1.82) is 0 Å². The van der Waals surface area contributed by atoms with Crippen LogP contribution in [0.4, 0.5) is 0 Å². The maximum atomic E-state index is 6.93. The Kier molecular flexibility index (Phi) is 7.60. The molecule has 13 rings (SSSR count). The molecular weight excluding hydrogens is 777 g/mol. The molecule has 0 N–H and O–H groups in total. The Morgan fingerprint density at radius 1 is 0.532 bits per heavy atom. The predicted molar refractivity (Wildman–Crippen MR) is 249 cm³/mol. The van der Waals surface area contributed by atoms with Crippen molar-refractivity contribution in [2.45, 2.75) is 15.2 Å². The molecule has 0 atom stereocenters. The highest BCUT2D eigenvalue weighted by molar-refractivity contribution is 7.99. The van der Waals surface area contributed by atoms with Crippen molar-refractivity contribution in [2.24, 2.45) is 7.05 Å². The third-order valence-corrected chi connectivity index (χ3v) is 14.0. The van der Waals surface area contributed by atoms with Crippen molar-refractivity contribution in [2.75, 3.05) is 0 Å². The van der Waals surface area contributed by atoms with Crippen molar-refractivity contribution < 1.29 is 9.30 Å². The van der Waals surface area contributed by atoms with Crippen LogP contribution in [0.5, 0.6) is 11.5 Å². The molecule has 0 fully saturated rings. The number of hydrogen-bond donors (Lipinski definition) is 0. The molecule has 1 spiro atoms. The van der Waals surface area contributed by atoms with Crippen molar-refractivity contribution in [3.8, 4) is 45.3 Å². The van der Waals surface area contributed by atoms with E-state index >= 15 is 0 Å².